The molecule has 0 atom stereocenters. The van der Waals surface area contributed by atoms with Crippen molar-refractivity contribution in [1.82, 2.24) is 4.57 Å². The third-order valence-electron chi connectivity index (χ3n) is 4.40. The molecule has 0 N–H and O–H groups in total. The Balaban J connectivity index is 1.86. The van der Waals surface area contributed by atoms with E-state index in [0.717, 1.165) is 22.2 Å². The first-order valence-corrected chi connectivity index (χ1v) is 8.18. The van der Waals surface area contributed by atoms with Gasteiger partial charge < -0.3 is 9.30 Å². The van der Waals surface area contributed by atoms with Crippen LogP contribution in [0.25, 0.3) is 22.0 Å². The monoisotopic (exact) mass is 351 g/mol. The number of rotatable bonds is 4. The van der Waals surface area contributed by atoms with Crippen molar-refractivity contribution in [3.05, 3.63) is 85.8 Å². The SMILES string of the molecule is COc1cccc(Cn2cc(-c3c(Cl)c(=O)c3=O)c3ccccc32)c1. The van der Waals surface area contributed by atoms with Gasteiger partial charge in [0, 0.05) is 29.2 Å². The number of hydrogen-bond acceptors (Lipinski definition) is 3. The number of aromatic nitrogens is 1. The van der Waals surface area contributed by atoms with Crippen molar-refractivity contribution in [2.75, 3.05) is 7.11 Å². The third-order valence-corrected chi connectivity index (χ3v) is 4.76. The lowest BCUT2D eigenvalue weighted by Gasteiger charge is -2.07. The molecular weight excluding hydrogens is 338 g/mol. The maximum absolute atomic E-state index is 11.9. The highest BCUT2D eigenvalue weighted by Gasteiger charge is 2.23. The Morgan fingerprint density at radius 3 is 2.60 bits per heavy atom. The molecule has 0 aliphatic rings. The zero-order valence-corrected chi connectivity index (χ0v) is 14.2. The topological polar surface area (TPSA) is 48.3 Å². The van der Waals surface area contributed by atoms with Crippen LogP contribution < -0.4 is 15.6 Å². The minimum absolute atomic E-state index is 0.0225. The number of benzene rings is 2. The summed E-state index contributed by atoms with van der Waals surface area (Å²) in [7, 11) is 1.63. The Morgan fingerprint density at radius 2 is 1.84 bits per heavy atom. The molecular formula is C20H14ClNO3. The van der Waals surface area contributed by atoms with Crippen LogP contribution in [0.4, 0.5) is 0 Å². The van der Waals surface area contributed by atoms with Crippen molar-refractivity contribution >= 4 is 22.5 Å². The molecule has 0 radical (unpaired) electrons. The number of ether oxygens (including phenoxy) is 1. The van der Waals surface area contributed by atoms with Gasteiger partial charge in [0.1, 0.15) is 10.8 Å². The predicted molar refractivity (Wildman–Crippen MR) is 99.4 cm³/mol. The molecule has 124 valence electrons. The fourth-order valence-electron chi connectivity index (χ4n) is 3.15. The van der Waals surface area contributed by atoms with Crippen molar-refractivity contribution in [3.63, 3.8) is 0 Å². The van der Waals surface area contributed by atoms with Crippen LogP contribution >= 0.6 is 11.6 Å². The van der Waals surface area contributed by atoms with Crippen LogP contribution in [0, 0.1) is 0 Å². The smallest absolute Gasteiger partial charge is 0.245 e. The second-order valence-corrected chi connectivity index (χ2v) is 6.26. The molecule has 0 saturated carbocycles. The summed E-state index contributed by atoms with van der Waals surface area (Å²) >= 11 is 5.99. The van der Waals surface area contributed by atoms with E-state index in [9.17, 15) is 9.59 Å². The summed E-state index contributed by atoms with van der Waals surface area (Å²) in [5, 5.41) is 0.925. The van der Waals surface area contributed by atoms with E-state index in [1.54, 1.807) is 7.11 Å². The lowest BCUT2D eigenvalue weighted by molar-refractivity contribution is 0.414. The Labute approximate surface area is 148 Å². The lowest BCUT2D eigenvalue weighted by atomic mass is 10.0. The molecule has 25 heavy (non-hydrogen) atoms. The van der Waals surface area contributed by atoms with E-state index in [1.165, 1.54) is 0 Å². The minimum atomic E-state index is -0.610. The molecule has 0 fully saturated rings. The summed E-state index contributed by atoms with van der Waals surface area (Å²) in [4.78, 5) is 23.4. The second-order valence-electron chi connectivity index (χ2n) is 5.89. The van der Waals surface area contributed by atoms with Crippen molar-refractivity contribution < 1.29 is 4.74 Å². The van der Waals surface area contributed by atoms with Gasteiger partial charge in [-0.15, -0.1) is 0 Å². The van der Waals surface area contributed by atoms with Crippen LogP contribution in [0.3, 0.4) is 0 Å². The molecule has 1 aromatic heterocycles. The summed E-state index contributed by atoms with van der Waals surface area (Å²) in [6.07, 6.45) is 1.88. The first-order chi connectivity index (χ1) is 12.1. The van der Waals surface area contributed by atoms with Gasteiger partial charge in [-0.05, 0) is 23.8 Å². The van der Waals surface area contributed by atoms with E-state index in [1.807, 2.05) is 59.3 Å². The number of hydrogen-bond donors (Lipinski definition) is 0. The van der Waals surface area contributed by atoms with E-state index in [2.05, 4.69) is 0 Å². The molecule has 4 nitrogen and oxygen atoms in total. The number of halogens is 1. The van der Waals surface area contributed by atoms with Crippen LogP contribution in [-0.2, 0) is 6.54 Å². The highest BCUT2D eigenvalue weighted by atomic mass is 35.5. The first kappa shape index (κ1) is 15.7. The zero-order chi connectivity index (χ0) is 17.6. The number of fused-ring (bicyclic) bond motifs is 1. The summed E-state index contributed by atoms with van der Waals surface area (Å²) in [6, 6.07) is 15.6. The third kappa shape index (κ3) is 2.46. The van der Waals surface area contributed by atoms with Gasteiger partial charge in [-0.3, -0.25) is 9.59 Å². The van der Waals surface area contributed by atoms with Gasteiger partial charge in [-0.1, -0.05) is 41.9 Å². The first-order valence-electron chi connectivity index (χ1n) is 7.80. The number of para-hydroxylation sites is 1. The van der Waals surface area contributed by atoms with E-state index < -0.39 is 10.9 Å². The quantitative estimate of drug-likeness (QED) is 0.528. The molecule has 0 unspecified atom stereocenters. The normalized spacial score (nSPS) is 11.3. The maximum Gasteiger partial charge on any atom is 0.245 e. The Morgan fingerprint density at radius 1 is 1.04 bits per heavy atom. The molecule has 0 spiro atoms. The summed E-state index contributed by atoms with van der Waals surface area (Å²) < 4.78 is 7.32. The fourth-order valence-corrected chi connectivity index (χ4v) is 3.42. The van der Waals surface area contributed by atoms with Gasteiger partial charge in [-0.2, -0.15) is 0 Å². The Kier molecular flexibility index (Phi) is 3.70. The molecule has 4 rings (SSSR count). The molecule has 0 aliphatic carbocycles. The van der Waals surface area contributed by atoms with Gasteiger partial charge in [-0.25, -0.2) is 0 Å². The Bertz CT molecular complexity index is 1170. The second kappa shape index (κ2) is 5.90. The summed E-state index contributed by atoms with van der Waals surface area (Å²) in [5.74, 6) is 0.791. The summed E-state index contributed by atoms with van der Waals surface area (Å²) in [5.41, 5.74) is 1.93. The summed E-state index contributed by atoms with van der Waals surface area (Å²) in [6.45, 7) is 0.616. The van der Waals surface area contributed by atoms with Crippen LogP contribution in [0.1, 0.15) is 5.56 Å². The van der Waals surface area contributed by atoms with Gasteiger partial charge >= 0.3 is 0 Å². The predicted octanol–water partition coefficient (Wildman–Crippen LogP) is 3.61. The average Bonchev–Trinajstić information content (AvgIpc) is 3.00. The highest BCUT2D eigenvalue weighted by molar-refractivity contribution is 6.34. The zero-order valence-electron chi connectivity index (χ0n) is 13.5. The van der Waals surface area contributed by atoms with Crippen LogP contribution in [0.5, 0.6) is 5.75 Å². The van der Waals surface area contributed by atoms with Crippen molar-refractivity contribution in [2.24, 2.45) is 0 Å². The number of nitrogens with zero attached hydrogens (tertiary/aromatic N) is 1. The standard InChI is InChI=1S/C20H14ClNO3/c1-25-13-6-4-5-12(9-13)10-22-11-15(14-7-2-3-8-16(14)22)17-18(21)20(24)19(17)23/h2-9,11H,10H2,1H3. The van der Waals surface area contributed by atoms with Gasteiger partial charge in [0.25, 0.3) is 0 Å². The molecule has 0 bridgehead atoms. The highest BCUT2D eigenvalue weighted by Crippen LogP contribution is 2.33. The van der Waals surface area contributed by atoms with Crippen molar-refractivity contribution in [1.29, 1.82) is 0 Å². The number of methoxy groups -OCH3 is 1. The van der Waals surface area contributed by atoms with Crippen molar-refractivity contribution in [3.8, 4) is 16.9 Å². The molecule has 1 heterocycles. The molecule has 0 amide bonds. The van der Waals surface area contributed by atoms with Gasteiger partial charge in [0.15, 0.2) is 0 Å². The Hall–Kier alpha value is -2.85. The molecule has 0 aliphatic heterocycles. The van der Waals surface area contributed by atoms with Crippen LogP contribution in [0.2, 0.25) is 5.02 Å². The van der Waals surface area contributed by atoms with Crippen LogP contribution in [0.15, 0.2) is 64.3 Å². The van der Waals surface area contributed by atoms with E-state index in [4.69, 9.17) is 16.3 Å². The molecule has 4 aromatic rings. The molecule has 3 aromatic carbocycles. The lowest BCUT2D eigenvalue weighted by Crippen LogP contribution is -2.33. The van der Waals surface area contributed by atoms with Crippen molar-refractivity contribution in [2.45, 2.75) is 6.54 Å². The largest absolute Gasteiger partial charge is 0.497 e. The van der Waals surface area contributed by atoms with E-state index >= 15 is 0 Å². The van der Waals surface area contributed by atoms with E-state index in [-0.39, 0.29) is 5.02 Å². The molecule has 0 saturated heterocycles. The average molecular weight is 352 g/mol. The fraction of sp³-hybridized carbons (Fsp3) is 0.100. The minimum Gasteiger partial charge on any atom is -0.497 e. The van der Waals surface area contributed by atoms with Crippen LogP contribution in [-0.4, -0.2) is 11.7 Å². The van der Waals surface area contributed by atoms with E-state index in [0.29, 0.717) is 17.7 Å². The maximum atomic E-state index is 11.9. The van der Waals surface area contributed by atoms with Gasteiger partial charge in [0.05, 0.1) is 12.7 Å². The van der Waals surface area contributed by atoms with Gasteiger partial charge in [0.2, 0.25) is 10.9 Å². The molecule has 5 heteroatoms.